The number of benzene rings is 2. The molecule has 1 aromatic heterocycles. The van der Waals surface area contributed by atoms with Crippen LogP contribution in [0.1, 0.15) is 30.7 Å². The summed E-state index contributed by atoms with van der Waals surface area (Å²) in [5, 5.41) is 3.01. The number of hydrogen-bond acceptors (Lipinski definition) is 5. The van der Waals surface area contributed by atoms with Gasteiger partial charge in [-0.25, -0.2) is 4.98 Å². The van der Waals surface area contributed by atoms with Crippen LogP contribution in [0, 0.1) is 0 Å². The van der Waals surface area contributed by atoms with Gasteiger partial charge in [-0.1, -0.05) is 24.6 Å². The Labute approximate surface area is 189 Å². The van der Waals surface area contributed by atoms with E-state index in [0.717, 1.165) is 54.6 Å². The molecule has 0 fully saturated rings. The van der Waals surface area contributed by atoms with Gasteiger partial charge in [-0.05, 0) is 42.7 Å². The number of aryl methyl sites for hydroxylation is 1. The fourth-order valence-corrected chi connectivity index (χ4v) is 3.80. The second-order valence-electron chi connectivity index (χ2n) is 7.69. The van der Waals surface area contributed by atoms with Crippen molar-refractivity contribution >= 4 is 16.9 Å². The topological polar surface area (TPSA) is 74.6 Å². The van der Waals surface area contributed by atoms with Crippen LogP contribution in [-0.4, -0.2) is 49.9 Å². The molecule has 0 spiro atoms. The maximum atomic E-state index is 12.3. The van der Waals surface area contributed by atoms with Crippen molar-refractivity contribution in [2.75, 3.05) is 34.5 Å². The summed E-state index contributed by atoms with van der Waals surface area (Å²) in [6.45, 7) is 2.14. The maximum Gasteiger partial charge on any atom is 0.224 e. The van der Waals surface area contributed by atoms with Crippen LogP contribution in [0.5, 0.6) is 11.5 Å². The average molecular weight is 440 g/mol. The van der Waals surface area contributed by atoms with E-state index >= 15 is 0 Å². The summed E-state index contributed by atoms with van der Waals surface area (Å²) in [5.74, 6) is 2.40. The number of nitrogens with zero attached hydrogens (tertiary/aromatic N) is 2. The van der Waals surface area contributed by atoms with Gasteiger partial charge in [0.15, 0.2) is 11.5 Å². The van der Waals surface area contributed by atoms with Crippen LogP contribution >= 0.6 is 0 Å². The predicted molar refractivity (Wildman–Crippen MR) is 125 cm³/mol. The molecule has 3 aromatic rings. The van der Waals surface area contributed by atoms with Gasteiger partial charge in [0, 0.05) is 26.6 Å². The summed E-state index contributed by atoms with van der Waals surface area (Å²) in [7, 11) is 4.91. The first kappa shape index (κ1) is 23.6. The van der Waals surface area contributed by atoms with Crippen molar-refractivity contribution in [3.63, 3.8) is 0 Å². The molecular formula is C25H33N3O4. The highest BCUT2D eigenvalue weighted by Crippen LogP contribution is 2.27. The van der Waals surface area contributed by atoms with Gasteiger partial charge in [-0.15, -0.1) is 0 Å². The molecule has 172 valence electrons. The third-order valence-corrected chi connectivity index (χ3v) is 5.46. The molecule has 1 amide bonds. The summed E-state index contributed by atoms with van der Waals surface area (Å²) in [6.07, 6.45) is 4.24. The lowest BCUT2D eigenvalue weighted by Gasteiger charge is -2.10. The van der Waals surface area contributed by atoms with Crippen LogP contribution < -0.4 is 14.8 Å². The van der Waals surface area contributed by atoms with Crippen molar-refractivity contribution in [1.29, 1.82) is 0 Å². The number of ether oxygens (including phenoxy) is 3. The first-order chi connectivity index (χ1) is 15.7. The lowest BCUT2D eigenvalue weighted by Crippen LogP contribution is -2.26. The summed E-state index contributed by atoms with van der Waals surface area (Å²) >= 11 is 0. The van der Waals surface area contributed by atoms with Crippen molar-refractivity contribution < 1.29 is 19.0 Å². The van der Waals surface area contributed by atoms with E-state index < -0.39 is 0 Å². The zero-order chi connectivity index (χ0) is 22.8. The zero-order valence-electron chi connectivity index (χ0n) is 19.2. The predicted octanol–water partition coefficient (Wildman–Crippen LogP) is 3.77. The number of aromatic nitrogens is 2. The summed E-state index contributed by atoms with van der Waals surface area (Å²) < 4.78 is 18.1. The summed E-state index contributed by atoms with van der Waals surface area (Å²) in [6, 6.07) is 13.8. The first-order valence-electron chi connectivity index (χ1n) is 11.1. The van der Waals surface area contributed by atoms with Gasteiger partial charge in [-0.3, -0.25) is 4.79 Å². The minimum atomic E-state index is 0.0126. The van der Waals surface area contributed by atoms with E-state index in [-0.39, 0.29) is 5.91 Å². The Morgan fingerprint density at radius 3 is 2.59 bits per heavy atom. The SMILES string of the molecule is COCCn1c(CCCCCNC(=O)Cc2ccc(OC)c(OC)c2)nc2ccccc21. The minimum absolute atomic E-state index is 0.0126. The smallest absolute Gasteiger partial charge is 0.224 e. The van der Waals surface area contributed by atoms with Crippen LogP contribution in [0.25, 0.3) is 11.0 Å². The normalized spacial score (nSPS) is 11.0. The van der Waals surface area contributed by atoms with E-state index in [1.165, 1.54) is 0 Å². The van der Waals surface area contributed by atoms with Gasteiger partial charge in [0.2, 0.25) is 5.91 Å². The molecule has 1 heterocycles. The van der Waals surface area contributed by atoms with Gasteiger partial charge in [-0.2, -0.15) is 0 Å². The zero-order valence-corrected chi connectivity index (χ0v) is 19.2. The summed E-state index contributed by atoms with van der Waals surface area (Å²) in [4.78, 5) is 17.1. The Morgan fingerprint density at radius 2 is 1.81 bits per heavy atom. The molecule has 7 nitrogen and oxygen atoms in total. The van der Waals surface area contributed by atoms with Crippen LogP contribution in [0.15, 0.2) is 42.5 Å². The van der Waals surface area contributed by atoms with E-state index in [0.29, 0.717) is 31.1 Å². The Balaban J connectivity index is 1.41. The van der Waals surface area contributed by atoms with Crippen LogP contribution in [0.4, 0.5) is 0 Å². The second-order valence-corrected chi connectivity index (χ2v) is 7.69. The molecule has 1 N–H and O–H groups in total. The Kier molecular flexibility index (Phi) is 8.92. The molecule has 32 heavy (non-hydrogen) atoms. The average Bonchev–Trinajstić information content (AvgIpc) is 3.17. The van der Waals surface area contributed by atoms with Gasteiger partial charge >= 0.3 is 0 Å². The van der Waals surface area contributed by atoms with Crippen molar-refractivity contribution in [3.8, 4) is 11.5 Å². The molecule has 0 unspecified atom stereocenters. The molecule has 0 aliphatic carbocycles. The van der Waals surface area contributed by atoms with Gasteiger partial charge in [0.25, 0.3) is 0 Å². The molecule has 2 aromatic carbocycles. The highest BCUT2D eigenvalue weighted by Gasteiger charge is 2.10. The number of imidazole rings is 1. The molecular weight excluding hydrogens is 406 g/mol. The Morgan fingerprint density at radius 1 is 1.00 bits per heavy atom. The maximum absolute atomic E-state index is 12.3. The first-order valence-corrected chi connectivity index (χ1v) is 11.1. The van der Waals surface area contributed by atoms with E-state index in [4.69, 9.17) is 19.2 Å². The quantitative estimate of drug-likeness (QED) is 0.411. The Hall–Kier alpha value is -3.06. The van der Waals surface area contributed by atoms with E-state index in [9.17, 15) is 4.79 Å². The van der Waals surface area contributed by atoms with Gasteiger partial charge < -0.3 is 24.1 Å². The van der Waals surface area contributed by atoms with Crippen molar-refractivity contribution in [3.05, 3.63) is 53.9 Å². The second kappa shape index (κ2) is 12.1. The van der Waals surface area contributed by atoms with E-state index in [1.807, 2.05) is 30.3 Å². The van der Waals surface area contributed by atoms with E-state index in [2.05, 4.69) is 22.0 Å². The fraction of sp³-hybridized carbons (Fsp3) is 0.440. The molecule has 0 aliphatic heterocycles. The molecule has 0 atom stereocenters. The number of fused-ring (bicyclic) bond motifs is 1. The number of amides is 1. The van der Waals surface area contributed by atoms with Crippen molar-refractivity contribution in [2.24, 2.45) is 0 Å². The molecule has 0 bridgehead atoms. The number of carbonyl (C=O) groups is 1. The van der Waals surface area contributed by atoms with Gasteiger partial charge in [0.05, 0.1) is 38.3 Å². The van der Waals surface area contributed by atoms with Crippen LogP contribution in [0.2, 0.25) is 0 Å². The number of hydrogen-bond donors (Lipinski definition) is 1. The molecule has 0 radical (unpaired) electrons. The monoisotopic (exact) mass is 439 g/mol. The number of carbonyl (C=O) groups excluding carboxylic acids is 1. The summed E-state index contributed by atoms with van der Waals surface area (Å²) in [5.41, 5.74) is 3.08. The van der Waals surface area contributed by atoms with Crippen molar-refractivity contribution in [2.45, 2.75) is 38.6 Å². The van der Waals surface area contributed by atoms with Crippen LogP contribution in [-0.2, 0) is 28.9 Å². The molecule has 0 aliphatic rings. The minimum Gasteiger partial charge on any atom is -0.493 e. The third-order valence-electron chi connectivity index (χ3n) is 5.46. The highest BCUT2D eigenvalue weighted by molar-refractivity contribution is 5.78. The number of unbranched alkanes of at least 4 members (excludes halogenated alkanes) is 2. The Bertz CT molecular complexity index is 1020. The number of nitrogens with one attached hydrogen (secondary N) is 1. The van der Waals surface area contributed by atoms with Crippen LogP contribution in [0.3, 0.4) is 0 Å². The number of para-hydroxylation sites is 2. The lowest BCUT2D eigenvalue weighted by molar-refractivity contribution is -0.120. The molecule has 0 saturated carbocycles. The lowest BCUT2D eigenvalue weighted by atomic mass is 10.1. The molecule has 3 rings (SSSR count). The largest absolute Gasteiger partial charge is 0.493 e. The van der Waals surface area contributed by atoms with Crippen molar-refractivity contribution in [1.82, 2.24) is 14.9 Å². The number of methoxy groups -OCH3 is 3. The fourth-order valence-electron chi connectivity index (χ4n) is 3.80. The third kappa shape index (κ3) is 6.23. The molecule has 7 heteroatoms. The number of rotatable bonds is 13. The van der Waals surface area contributed by atoms with E-state index in [1.54, 1.807) is 21.3 Å². The standard InChI is InChI=1S/C25H33N3O4/c1-30-16-15-28-21-10-7-6-9-20(21)27-24(28)11-5-4-8-14-26-25(29)18-19-12-13-22(31-2)23(17-19)32-3/h6-7,9-10,12-13,17H,4-5,8,11,14-16,18H2,1-3H3,(H,26,29). The molecule has 0 saturated heterocycles. The van der Waals surface area contributed by atoms with Gasteiger partial charge in [0.1, 0.15) is 5.82 Å². The highest BCUT2D eigenvalue weighted by atomic mass is 16.5.